The number of rotatable bonds is 8. The van der Waals surface area contributed by atoms with E-state index in [0.717, 1.165) is 12.1 Å². The Hall–Kier alpha value is -4.34. The molecule has 8 nitrogen and oxygen atoms in total. The van der Waals surface area contributed by atoms with Gasteiger partial charge >= 0.3 is 0 Å². The molecule has 1 fully saturated rings. The largest absolute Gasteiger partial charge is 0.497 e. The van der Waals surface area contributed by atoms with Gasteiger partial charge in [-0.2, -0.15) is 0 Å². The SMILES string of the molecule is COc1ccc([C@@H]2[C@@H](C(=O)Nc3ccc(F)cc3F)CCC(=O)N2c2cc(OC)c(OC)c(OC)c2)cc1. The standard InChI is InChI=1S/C28H28F2N2O6/c1-35-19-8-5-16(6-9-19)26-20(28(34)31-22-11-7-17(29)13-21(22)30)10-12-25(33)32(26)18-14-23(36-2)27(38-4)24(15-18)37-3/h5-9,11,13-15,20,26H,10,12H2,1-4H3,(H,31,34)/t20-,26+/m0/s1. The van der Waals surface area contributed by atoms with Crippen LogP contribution in [-0.2, 0) is 9.59 Å². The van der Waals surface area contributed by atoms with Gasteiger partial charge in [0.25, 0.3) is 0 Å². The normalized spacial score (nSPS) is 17.1. The fourth-order valence-electron chi connectivity index (χ4n) is 4.68. The zero-order chi connectivity index (χ0) is 27.4. The molecule has 0 bridgehead atoms. The number of anilines is 2. The lowest BCUT2D eigenvalue weighted by atomic mass is 9.83. The van der Waals surface area contributed by atoms with Gasteiger partial charge in [0.05, 0.1) is 51.8 Å². The second-order valence-electron chi connectivity index (χ2n) is 8.62. The maximum absolute atomic E-state index is 14.4. The average molecular weight is 527 g/mol. The fourth-order valence-corrected chi connectivity index (χ4v) is 4.68. The van der Waals surface area contributed by atoms with E-state index in [2.05, 4.69) is 5.32 Å². The molecule has 0 unspecified atom stereocenters. The summed E-state index contributed by atoms with van der Waals surface area (Å²) in [4.78, 5) is 28.5. The second-order valence-corrected chi connectivity index (χ2v) is 8.62. The van der Waals surface area contributed by atoms with Crippen molar-refractivity contribution in [3.8, 4) is 23.0 Å². The quantitative estimate of drug-likeness (QED) is 0.439. The van der Waals surface area contributed by atoms with Crippen molar-refractivity contribution >= 4 is 23.2 Å². The number of amides is 2. The van der Waals surface area contributed by atoms with Gasteiger partial charge in [-0.3, -0.25) is 9.59 Å². The predicted octanol–water partition coefficient (Wildman–Crippen LogP) is 5.12. The van der Waals surface area contributed by atoms with Crippen molar-refractivity contribution in [2.45, 2.75) is 18.9 Å². The molecule has 38 heavy (non-hydrogen) atoms. The summed E-state index contributed by atoms with van der Waals surface area (Å²) in [6.45, 7) is 0. The van der Waals surface area contributed by atoms with Crippen LogP contribution in [0.1, 0.15) is 24.4 Å². The molecule has 200 valence electrons. The molecule has 1 aliphatic heterocycles. The van der Waals surface area contributed by atoms with Crippen molar-refractivity contribution < 1.29 is 37.3 Å². The fraction of sp³-hybridized carbons (Fsp3) is 0.286. The predicted molar refractivity (Wildman–Crippen MR) is 137 cm³/mol. The summed E-state index contributed by atoms with van der Waals surface area (Å²) in [5.74, 6) is -1.54. The molecule has 0 spiro atoms. The first-order valence-corrected chi connectivity index (χ1v) is 11.8. The highest BCUT2D eigenvalue weighted by atomic mass is 19.1. The number of hydrogen-bond acceptors (Lipinski definition) is 6. The number of hydrogen-bond donors (Lipinski definition) is 1. The van der Waals surface area contributed by atoms with Crippen molar-refractivity contribution in [3.05, 3.63) is 71.8 Å². The molecule has 1 saturated heterocycles. The van der Waals surface area contributed by atoms with Crippen LogP contribution >= 0.6 is 0 Å². The summed E-state index contributed by atoms with van der Waals surface area (Å²) in [6, 6.07) is 12.4. The maximum atomic E-state index is 14.4. The first kappa shape index (κ1) is 26.7. The molecule has 2 amide bonds. The van der Waals surface area contributed by atoms with Gasteiger partial charge in [0.2, 0.25) is 17.6 Å². The number of piperidine rings is 1. The van der Waals surface area contributed by atoms with Crippen LogP contribution in [0.2, 0.25) is 0 Å². The van der Waals surface area contributed by atoms with Crippen molar-refractivity contribution in [3.63, 3.8) is 0 Å². The number of nitrogens with zero attached hydrogens (tertiary/aromatic N) is 1. The Labute approximate surface area is 219 Å². The zero-order valence-corrected chi connectivity index (χ0v) is 21.4. The van der Waals surface area contributed by atoms with E-state index < -0.39 is 29.5 Å². The highest BCUT2D eigenvalue weighted by Gasteiger charge is 2.42. The van der Waals surface area contributed by atoms with E-state index in [-0.39, 0.29) is 24.4 Å². The lowest BCUT2D eigenvalue weighted by Crippen LogP contribution is -2.47. The van der Waals surface area contributed by atoms with Crippen LogP contribution in [-0.4, -0.2) is 40.3 Å². The Kier molecular flexibility index (Phi) is 7.99. The summed E-state index contributed by atoms with van der Waals surface area (Å²) in [6.07, 6.45) is 0.276. The average Bonchev–Trinajstić information content (AvgIpc) is 2.93. The van der Waals surface area contributed by atoms with Gasteiger partial charge in [0, 0.05) is 24.6 Å². The highest BCUT2D eigenvalue weighted by Crippen LogP contribution is 2.46. The van der Waals surface area contributed by atoms with Crippen molar-refractivity contribution in [2.75, 3.05) is 38.7 Å². The first-order chi connectivity index (χ1) is 18.3. The number of halogens is 2. The van der Waals surface area contributed by atoms with Crippen LogP contribution in [0.25, 0.3) is 0 Å². The first-order valence-electron chi connectivity index (χ1n) is 11.8. The lowest BCUT2D eigenvalue weighted by Gasteiger charge is -2.41. The Balaban J connectivity index is 1.82. The molecule has 1 heterocycles. The van der Waals surface area contributed by atoms with E-state index in [1.807, 2.05) is 0 Å². The van der Waals surface area contributed by atoms with Gasteiger partial charge in [-0.15, -0.1) is 0 Å². The molecule has 3 aromatic rings. The van der Waals surface area contributed by atoms with E-state index in [0.29, 0.717) is 40.3 Å². The summed E-state index contributed by atoms with van der Waals surface area (Å²) >= 11 is 0. The molecule has 3 aromatic carbocycles. The molecule has 4 rings (SSSR count). The van der Waals surface area contributed by atoms with E-state index in [9.17, 15) is 18.4 Å². The maximum Gasteiger partial charge on any atom is 0.230 e. The van der Waals surface area contributed by atoms with Gasteiger partial charge < -0.3 is 29.2 Å². The Bertz CT molecular complexity index is 1310. The zero-order valence-electron chi connectivity index (χ0n) is 21.4. The third-order valence-electron chi connectivity index (χ3n) is 6.51. The summed E-state index contributed by atoms with van der Waals surface area (Å²) in [5, 5.41) is 2.57. The molecule has 2 atom stereocenters. The van der Waals surface area contributed by atoms with Crippen LogP contribution in [0.5, 0.6) is 23.0 Å². The summed E-state index contributed by atoms with van der Waals surface area (Å²) in [7, 11) is 5.94. The molecular formula is C28H28F2N2O6. The number of carbonyl (C=O) groups excluding carboxylic acids is 2. The lowest BCUT2D eigenvalue weighted by molar-refractivity contribution is -0.126. The van der Waals surface area contributed by atoms with Gasteiger partial charge in [-0.25, -0.2) is 8.78 Å². The molecule has 0 radical (unpaired) electrons. The number of carbonyl (C=O) groups is 2. The van der Waals surface area contributed by atoms with Crippen LogP contribution in [0.4, 0.5) is 20.2 Å². The van der Waals surface area contributed by atoms with Crippen LogP contribution < -0.4 is 29.2 Å². The van der Waals surface area contributed by atoms with Crippen molar-refractivity contribution in [1.82, 2.24) is 0 Å². The number of nitrogens with one attached hydrogen (secondary N) is 1. The van der Waals surface area contributed by atoms with Crippen molar-refractivity contribution in [2.24, 2.45) is 5.92 Å². The minimum atomic E-state index is -0.896. The van der Waals surface area contributed by atoms with Crippen LogP contribution in [0.3, 0.4) is 0 Å². The minimum Gasteiger partial charge on any atom is -0.497 e. The number of methoxy groups -OCH3 is 4. The molecule has 0 aromatic heterocycles. The minimum absolute atomic E-state index is 0.0628. The molecule has 0 aliphatic carbocycles. The van der Waals surface area contributed by atoms with E-state index in [1.54, 1.807) is 36.4 Å². The smallest absolute Gasteiger partial charge is 0.230 e. The molecule has 1 N–H and O–H groups in total. The molecule has 0 saturated carbocycles. The third-order valence-corrected chi connectivity index (χ3v) is 6.51. The van der Waals surface area contributed by atoms with Gasteiger partial charge in [0.1, 0.15) is 17.4 Å². The highest BCUT2D eigenvalue weighted by molar-refractivity contribution is 6.00. The second kappa shape index (κ2) is 11.4. The van der Waals surface area contributed by atoms with E-state index in [1.165, 1.54) is 33.3 Å². The third kappa shape index (κ3) is 5.20. The molecule has 10 heteroatoms. The Morgan fingerprint density at radius 3 is 2.11 bits per heavy atom. The monoisotopic (exact) mass is 526 g/mol. The van der Waals surface area contributed by atoms with Gasteiger partial charge in [-0.05, 0) is 36.2 Å². The van der Waals surface area contributed by atoms with Gasteiger partial charge in [-0.1, -0.05) is 12.1 Å². The van der Waals surface area contributed by atoms with E-state index >= 15 is 0 Å². The number of benzene rings is 3. The van der Waals surface area contributed by atoms with Crippen LogP contribution in [0, 0.1) is 17.6 Å². The van der Waals surface area contributed by atoms with Crippen molar-refractivity contribution in [1.29, 1.82) is 0 Å². The number of ether oxygens (including phenoxy) is 4. The Morgan fingerprint density at radius 2 is 1.55 bits per heavy atom. The van der Waals surface area contributed by atoms with E-state index in [4.69, 9.17) is 18.9 Å². The molecular weight excluding hydrogens is 498 g/mol. The Morgan fingerprint density at radius 1 is 0.895 bits per heavy atom. The summed E-state index contributed by atoms with van der Waals surface area (Å²) < 4.78 is 49.4. The summed E-state index contributed by atoms with van der Waals surface area (Å²) in [5.41, 5.74) is 0.934. The topological polar surface area (TPSA) is 86.3 Å². The molecule has 1 aliphatic rings. The van der Waals surface area contributed by atoms with Crippen LogP contribution in [0.15, 0.2) is 54.6 Å². The van der Waals surface area contributed by atoms with Gasteiger partial charge in [0.15, 0.2) is 11.5 Å².